The van der Waals surface area contributed by atoms with Crippen LogP contribution in [0.4, 0.5) is 0 Å². The van der Waals surface area contributed by atoms with E-state index in [4.69, 9.17) is 0 Å². The van der Waals surface area contributed by atoms with Crippen LogP contribution in [0.1, 0.15) is 32.6 Å². The van der Waals surface area contributed by atoms with Gasteiger partial charge < -0.3 is 0 Å². The van der Waals surface area contributed by atoms with Crippen molar-refractivity contribution in [1.29, 1.82) is 0 Å². The third-order valence-corrected chi connectivity index (χ3v) is 3.44. The van der Waals surface area contributed by atoms with Crippen molar-refractivity contribution in [3.63, 3.8) is 0 Å². The second-order valence-electron chi connectivity index (χ2n) is 4.26. The van der Waals surface area contributed by atoms with Gasteiger partial charge in [0.1, 0.15) is 0 Å². The van der Waals surface area contributed by atoms with E-state index in [2.05, 4.69) is 18.9 Å². The number of likely N-dealkylation sites (N-methyl/N-ethyl adjacent to an activating group) is 1. The number of rotatable bonds is 0. The molecule has 2 rings (SSSR count). The van der Waals surface area contributed by atoms with Crippen LogP contribution in [0.25, 0.3) is 0 Å². The van der Waals surface area contributed by atoms with Gasteiger partial charge in [0.05, 0.1) is 0 Å². The van der Waals surface area contributed by atoms with Crippen LogP contribution < -0.4 is 0 Å². The Kier molecular flexibility index (Phi) is 1.31. The predicted octanol–water partition coefficient (Wildman–Crippen LogP) is 1.88. The average Bonchev–Trinajstić information content (AvgIpc) is 2.53. The van der Waals surface area contributed by atoms with Gasteiger partial charge in [-0.2, -0.15) is 0 Å². The van der Waals surface area contributed by atoms with Gasteiger partial charge in [-0.3, -0.25) is 4.90 Å². The average molecular weight is 139 g/mol. The first-order valence-electron chi connectivity index (χ1n) is 4.44. The van der Waals surface area contributed by atoms with E-state index in [-0.39, 0.29) is 0 Å². The molecule has 0 amide bonds. The van der Waals surface area contributed by atoms with Crippen molar-refractivity contribution in [3.8, 4) is 0 Å². The molecule has 0 aromatic carbocycles. The highest BCUT2D eigenvalue weighted by molar-refractivity contribution is 5.06. The van der Waals surface area contributed by atoms with Crippen molar-refractivity contribution in [2.75, 3.05) is 13.6 Å². The minimum Gasteiger partial charge on any atom is -0.298 e. The zero-order valence-corrected chi connectivity index (χ0v) is 7.06. The molecule has 1 atom stereocenters. The molecule has 2 aliphatic rings. The SMILES string of the molecule is CC1CCC2(CC1)CN2C. The molecule has 0 aromatic heterocycles. The fraction of sp³-hybridized carbons (Fsp3) is 1.00. The Morgan fingerprint density at radius 3 is 2.20 bits per heavy atom. The van der Waals surface area contributed by atoms with Crippen molar-refractivity contribution in [3.05, 3.63) is 0 Å². The van der Waals surface area contributed by atoms with Crippen molar-refractivity contribution in [1.82, 2.24) is 4.90 Å². The van der Waals surface area contributed by atoms with Crippen LogP contribution >= 0.6 is 0 Å². The van der Waals surface area contributed by atoms with E-state index >= 15 is 0 Å². The third-order valence-electron chi connectivity index (χ3n) is 3.44. The van der Waals surface area contributed by atoms with Crippen LogP contribution in [-0.2, 0) is 0 Å². The summed E-state index contributed by atoms with van der Waals surface area (Å²) in [5.41, 5.74) is 0.701. The first kappa shape index (κ1) is 6.66. The largest absolute Gasteiger partial charge is 0.298 e. The topological polar surface area (TPSA) is 3.01 Å². The smallest absolute Gasteiger partial charge is 0.0334 e. The second-order valence-corrected chi connectivity index (χ2v) is 4.26. The third kappa shape index (κ3) is 0.878. The molecular weight excluding hydrogens is 122 g/mol. The van der Waals surface area contributed by atoms with E-state index in [1.54, 1.807) is 0 Å². The highest BCUT2D eigenvalue weighted by Crippen LogP contribution is 2.44. The minimum atomic E-state index is 0.701. The first-order chi connectivity index (χ1) is 4.73. The Morgan fingerprint density at radius 1 is 1.30 bits per heavy atom. The van der Waals surface area contributed by atoms with Gasteiger partial charge in [0.25, 0.3) is 0 Å². The van der Waals surface area contributed by atoms with E-state index in [0.717, 1.165) is 5.92 Å². The standard InChI is InChI=1S/C9H17N/c1-8-3-5-9(6-4-8)7-10(9)2/h8H,3-7H2,1-2H3. The lowest BCUT2D eigenvalue weighted by atomic mass is 9.82. The summed E-state index contributed by atoms with van der Waals surface area (Å²) in [6, 6.07) is 0. The van der Waals surface area contributed by atoms with Crippen LogP contribution in [-0.4, -0.2) is 24.0 Å². The maximum absolute atomic E-state index is 2.51. The van der Waals surface area contributed by atoms with Crippen molar-refractivity contribution < 1.29 is 0 Å². The second kappa shape index (κ2) is 1.97. The van der Waals surface area contributed by atoms with Gasteiger partial charge >= 0.3 is 0 Å². The molecule has 0 radical (unpaired) electrons. The van der Waals surface area contributed by atoms with Gasteiger partial charge in [0.15, 0.2) is 0 Å². The quantitative estimate of drug-likeness (QED) is 0.463. The van der Waals surface area contributed by atoms with Crippen LogP contribution in [0.2, 0.25) is 0 Å². The highest BCUT2D eigenvalue weighted by Gasteiger charge is 2.49. The Balaban J connectivity index is 1.93. The van der Waals surface area contributed by atoms with Crippen molar-refractivity contribution in [2.45, 2.75) is 38.1 Å². The van der Waals surface area contributed by atoms with Gasteiger partial charge in [0, 0.05) is 12.1 Å². The Labute approximate surface area is 63.4 Å². The normalized spacial score (nSPS) is 53.4. The molecule has 1 heteroatoms. The molecule has 1 unspecified atom stereocenters. The van der Waals surface area contributed by atoms with Crippen LogP contribution in [0.3, 0.4) is 0 Å². The maximum Gasteiger partial charge on any atom is 0.0334 e. The number of hydrogen-bond acceptors (Lipinski definition) is 1. The zero-order valence-electron chi connectivity index (χ0n) is 7.06. The molecule has 0 bridgehead atoms. The molecule has 0 aromatic rings. The Morgan fingerprint density at radius 2 is 1.80 bits per heavy atom. The van der Waals surface area contributed by atoms with Crippen molar-refractivity contribution >= 4 is 0 Å². The summed E-state index contributed by atoms with van der Waals surface area (Å²) in [5.74, 6) is 1.000. The van der Waals surface area contributed by atoms with E-state index in [0.29, 0.717) is 5.54 Å². The fourth-order valence-corrected chi connectivity index (χ4v) is 2.25. The Bertz CT molecular complexity index is 134. The summed E-state index contributed by atoms with van der Waals surface area (Å²) in [5, 5.41) is 0. The summed E-state index contributed by atoms with van der Waals surface area (Å²) in [6.07, 6.45) is 5.85. The summed E-state index contributed by atoms with van der Waals surface area (Å²) >= 11 is 0. The van der Waals surface area contributed by atoms with Gasteiger partial charge in [0.2, 0.25) is 0 Å². The van der Waals surface area contributed by atoms with Crippen LogP contribution in [0.15, 0.2) is 0 Å². The first-order valence-corrected chi connectivity index (χ1v) is 4.44. The molecular formula is C9H17N. The lowest BCUT2D eigenvalue weighted by Crippen LogP contribution is -2.23. The number of hydrogen-bond donors (Lipinski definition) is 0. The van der Waals surface area contributed by atoms with E-state index in [1.807, 2.05) is 0 Å². The summed E-state index contributed by atoms with van der Waals surface area (Å²) in [4.78, 5) is 2.51. The molecule has 1 aliphatic heterocycles. The minimum absolute atomic E-state index is 0.701. The van der Waals surface area contributed by atoms with Crippen molar-refractivity contribution in [2.24, 2.45) is 5.92 Å². The molecule has 0 N–H and O–H groups in total. The highest BCUT2D eigenvalue weighted by atomic mass is 15.3. The van der Waals surface area contributed by atoms with Gasteiger partial charge in [-0.25, -0.2) is 0 Å². The van der Waals surface area contributed by atoms with E-state index in [1.165, 1.54) is 32.2 Å². The van der Waals surface area contributed by atoms with Crippen LogP contribution in [0, 0.1) is 5.92 Å². The fourth-order valence-electron chi connectivity index (χ4n) is 2.25. The molecule has 1 spiro atoms. The van der Waals surface area contributed by atoms with Gasteiger partial charge in [-0.1, -0.05) is 6.92 Å². The summed E-state index contributed by atoms with van der Waals surface area (Å²) < 4.78 is 0. The molecule has 58 valence electrons. The summed E-state index contributed by atoms with van der Waals surface area (Å²) in [7, 11) is 2.26. The van der Waals surface area contributed by atoms with Gasteiger partial charge in [-0.05, 0) is 38.6 Å². The molecule has 1 heterocycles. The number of nitrogens with zero attached hydrogens (tertiary/aromatic N) is 1. The van der Waals surface area contributed by atoms with E-state index < -0.39 is 0 Å². The molecule has 1 nitrogen and oxygen atoms in total. The lowest BCUT2D eigenvalue weighted by molar-refractivity contribution is 0.281. The molecule has 10 heavy (non-hydrogen) atoms. The maximum atomic E-state index is 2.51. The lowest BCUT2D eigenvalue weighted by Gasteiger charge is -2.25. The monoisotopic (exact) mass is 139 g/mol. The van der Waals surface area contributed by atoms with Crippen LogP contribution in [0.5, 0.6) is 0 Å². The zero-order chi connectivity index (χ0) is 7.19. The Hall–Kier alpha value is -0.0400. The summed E-state index contributed by atoms with van der Waals surface area (Å²) in [6.45, 7) is 3.76. The molecule has 1 saturated carbocycles. The molecule has 1 saturated heterocycles. The van der Waals surface area contributed by atoms with Gasteiger partial charge in [-0.15, -0.1) is 0 Å². The van der Waals surface area contributed by atoms with E-state index in [9.17, 15) is 0 Å². The molecule has 1 aliphatic carbocycles. The molecule has 2 fully saturated rings. The predicted molar refractivity (Wildman–Crippen MR) is 43.0 cm³/mol.